The molecule has 1 fully saturated rings. The van der Waals surface area contributed by atoms with E-state index in [4.69, 9.17) is 4.74 Å². The Labute approximate surface area is 248 Å². The number of carboxylic acid groups (broad SMARTS) is 1. The molecule has 11 heteroatoms. The Morgan fingerprint density at radius 1 is 1.13 bits per heavy atom. The maximum Gasteiger partial charge on any atom is 1.00 e. The quantitative estimate of drug-likeness (QED) is 0.237. The summed E-state index contributed by atoms with van der Waals surface area (Å²) in [5.41, 5.74) is 2.54. The predicted molar refractivity (Wildman–Crippen MR) is 135 cm³/mol. The van der Waals surface area contributed by atoms with E-state index in [1.807, 2.05) is 28.8 Å². The smallest absolute Gasteiger partial charge is 0.550 e. The number of aromatic nitrogens is 2. The van der Waals surface area contributed by atoms with Crippen molar-refractivity contribution in [3.63, 3.8) is 0 Å². The summed E-state index contributed by atoms with van der Waals surface area (Å²) < 4.78 is 20.7. The molecular weight excluding hydrogens is 516 g/mol. The molecule has 2 aromatic carbocycles. The zero-order valence-corrected chi connectivity index (χ0v) is 24.1. The number of methoxy groups -OCH3 is 1. The Morgan fingerprint density at radius 2 is 1.79 bits per heavy atom. The van der Waals surface area contributed by atoms with E-state index < -0.39 is 30.4 Å². The van der Waals surface area contributed by atoms with E-state index in [0.29, 0.717) is 23.7 Å². The molecule has 9 nitrogen and oxygen atoms in total. The van der Waals surface area contributed by atoms with Gasteiger partial charge in [-0.1, -0.05) is 12.1 Å². The first-order valence-electron chi connectivity index (χ1n) is 12.6. The van der Waals surface area contributed by atoms with Gasteiger partial charge in [0.2, 0.25) is 0 Å². The number of aliphatic carboxylic acids is 1. The van der Waals surface area contributed by atoms with Crippen LogP contribution in [0.1, 0.15) is 59.8 Å². The van der Waals surface area contributed by atoms with Crippen LogP contribution in [0.15, 0.2) is 48.5 Å². The Bertz CT molecular complexity index is 1260. The van der Waals surface area contributed by atoms with Gasteiger partial charge in [-0.15, -0.1) is 0 Å². The maximum absolute atomic E-state index is 13.6. The van der Waals surface area contributed by atoms with Gasteiger partial charge in [0.25, 0.3) is 5.91 Å². The summed E-state index contributed by atoms with van der Waals surface area (Å²) in [6, 6.07) is 13.2. The van der Waals surface area contributed by atoms with Crippen molar-refractivity contribution in [2.45, 2.75) is 63.3 Å². The summed E-state index contributed by atoms with van der Waals surface area (Å²) in [4.78, 5) is 28.7. The fourth-order valence-corrected chi connectivity index (χ4v) is 4.44. The summed E-state index contributed by atoms with van der Waals surface area (Å²) in [6.45, 7) is 0.567. The second-order valence-electron chi connectivity index (χ2n) is 9.54. The SMILES string of the molecule is COc1ccc(CNC(=O)c2nc(-c3ccc(F)cc3)n(CC[C@@H](O)C[C@@H](O)CC(=O)[O-])c2C2CC2)cc1.[Na+]. The van der Waals surface area contributed by atoms with E-state index >= 15 is 0 Å². The van der Waals surface area contributed by atoms with Crippen LogP contribution in [0.3, 0.4) is 0 Å². The number of amides is 1. The minimum atomic E-state index is -1.39. The van der Waals surface area contributed by atoms with Gasteiger partial charge in [0.1, 0.15) is 23.1 Å². The average Bonchev–Trinajstić information content (AvgIpc) is 3.66. The van der Waals surface area contributed by atoms with Gasteiger partial charge in [-0.25, -0.2) is 9.37 Å². The maximum atomic E-state index is 13.6. The van der Waals surface area contributed by atoms with Gasteiger partial charge in [-0.2, -0.15) is 0 Å². The fourth-order valence-electron chi connectivity index (χ4n) is 4.44. The minimum absolute atomic E-state index is 0. The molecule has 2 atom stereocenters. The monoisotopic (exact) mass is 547 g/mol. The molecule has 0 saturated heterocycles. The molecule has 0 aliphatic heterocycles. The van der Waals surface area contributed by atoms with Crippen LogP contribution < -0.4 is 44.7 Å². The molecule has 1 aromatic heterocycles. The van der Waals surface area contributed by atoms with Crippen molar-refractivity contribution in [1.82, 2.24) is 14.9 Å². The Balaban J connectivity index is 0.00000420. The van der Waals surface area contributed by atoms with Crippen LogP contribution in [0.4, 0.5) is 4.39 Å². The summed E-state index contributed by atoms with van der Waals surface area (Å²) in [5.74, 6) is -0.811. The van der Waals surface area contributed by atoms with Crippen LogP contribution in [0.2, 0.25) is 0 Å². The van der Waals surface area contributed by atoms with Crippen LogP contribution >= 0.6 is 0 Å². The molecule has 0 spiro atoms. The molecule has 202 valence electrons. The summed E-state index contributed by atoms with van der Waals surface area (Å²) >= 11 is 0. The number of rotatable bonds is 13. The number of aliphatic hydroxyl groups is 2. The van der Waals surface area contributed by atoms with E-state index in [1.54, 1.807) is 19.2 Å². The van der Waals surface area contributed by atoms with E-state index in [9.17, 15) is 29.3 Å². The van der Waals surface area contributed by atoms with Gasteiger partial charge in [0, 0.05) is 37.0 Å². The number of carbonyl (C=O) groups is 2. The Morgan fingerprint density at radius 3 is 2.38 bits per heavy atom. The molecule has 1 heterocycles. The number of hydrogen-bond donors (Lipinski definition) is 3. The van der Waals surface area contributed by atoms with E-state index in [1.165, 1.54) is 12.1 Å². The summed E-state index contributed by atoms with van der Waals surface area (Å²) in [6.07, 6.45) is -0.914. The van der Waals surface area contributed by atoms with Crippen molar-refractivity contribution in [2.75, 3.05) is 7.11 Å². The molecule has 3 aromatic rings. The third-order valence-corrected chi connectivity index (χ3v) is 6.53. The number of imidazole rings is 1. The topological polar surface area (TPSA) is 137 Å². The first-order valence-corrected chi connectivity index (χ1v) is 12.6. The molecule has 3 N–H and O–H groups in total. The van der Waals surface area contributed by atoms with Crippen molar-refractivity contribution < 1.29 is 63.6 Å². The third-order valence-electron chi connectivity index (χ3n) is 6.53. The summed E-state index contributed by atoms with van der Waals surface area (Å²) in [7, 11) is 1.58. The van der Waals surface area contributed by atoms with Crippen LogP contribution in [-0.2, 0) is 17.9 Å². The molecule has 1 amide bonds. The molecule has 0 unspecified atom stereocenters. The van der Waals surface area contributed by atoms with Crippen molar-refractivity contribution >= 4 is 11.9 Å². The number of halogens is 1. The van der Waals surface area contributed by atoms with Gasteiger partial charge in [0.15, 0.2) is 0 Å². The second-order valence-corrected chi connectivity index (χ2v) is 9.54. The molecule has 4 rings (SSSR count). The zero-order chi connectivity index (χ0) is 27.2. The number of carbonyl (C=O) groups excluding carboxylic acids is 2. The number of aliphatic hydroxyl groups excluding tert-OH is 2. The van der Waals surface area contributed by atoms with E-state index in [2.05, 4.69) is 10.3 Å². The van der Waals surface area contributed by atoms with Crippen molar-refractivity contribution in [3.8, 4) is 17.1 Å². The van der Waals surface area contributed by atoms with Gasteiger partial charge in [-0.05, 0) is 67.6 Å². The zero-order valence-electron chi connectivity index (χ0n) is 22.1. The second kappa shape index (κ2) is 14.0. The van der Waals surface area contributed by atoms with Gasteiger partial charge in [-0.3, -0.25) is 4.79 Å². The number of nitrogens with one attached hydrogen (secondary N) is 1. The predicted octanol–water partition coefficient (Wildman–Crippen LogP) is -0.849. The minimum Gasteiger partial charge on any atom is -0.550 e. The van der Waals surface area contributed by atoms with Gasteiger partial charge >= 0.3 is 29.6 Å². The molecule has 1 aliphatic rings. The number of ether oxygens (including phenoxy) is 1. The largest absolute Gasteiger partial charge is 1.00 e. The summed E-state index contributed by atoms with van der Waals surface area (Å²) in [5, 5.41) is 34.0. The first-order chi connectivity index (χ1) is 18.2. The van der Waals surface area contributed by atoms with Crippen molar-refractivity contribution in [1.29, 1.82) is 0 Å². The van der Waals surface area contributed by atoms with Crippen molar-refractivity contribution in [3.05, 3.63) is 71.3 Å². The van der Waals surface area contributed by atoms with Crippen molar-refractivity contribution in [2.24, 2.45) is 0 Å². The standard InChI is InChI=1S/C28H32FN3O6.Na/c1-38-23-10-2-17(3-11-23)16-30-28(37)25-26(18-4-5-18)32(13-12-21(33)14-22(34)15-24(35)36)27(31-25)19-6-8-20(29)9-7-19;/h2-3,6-11,18,21-22,33-34H,4-5,12-16H2,1H3,(H,30,37)(H,35,36);/q;+1/p-1/t21-,22-;/m1./s1. The molecule has 0 bridgehead atoms. The third kappa shape index (κ3) is 8.36. The molecular formula is C28H31FN3NaO6. The van der Waals surface area contributed by atoms with Crippen LogP contribution in [0, 0.1) is 5.82 Å². The van der Waals surface area contributed by atoms with Gasteiger partial charge < -0.3 is 34.7 Å². The van der Waals surface area contributed by atoms with Gasteiger partial charge in [0.05, 0.1) is 25.0 Å². The van der Waals surface area contributed by atoms with Crippen LogP contribution in [0.5, 0.6) is 5.75 Å². The van der Waals surface area contributed by atoms with Crippen LogP contribution in [0.25, 0.3) is 11.4 Å². The molecule has 1 aliphatic carbocycles. The number of carboxylic acids is 1. The number of hydrogen-bond acceptors (Lipinski definition) is 7. The normalized spacial score (nSPS) is 14.3. The van der Waals surface area contributed by atoms with E-state index in [-0.39, 0.29) is 66.5 Å². The van der Waals surface area contributed by atoms with E-state index in [0.717, 1.165) is 24.1 Å². The molecule has 0 radical (unpaired) electrons. The van der Waals surface area contributed by atoms with Crippen LogP contribution in [-0.4, -0.2) is 51.0 Å². The number of benzene rings is 2. The fraction of sp³-hybridized carbons (Fsp3) is 0.393. The Kier molecular flexibility index (Phi) is 11.1. The first kappa shape index (κ1) is 30.8. The Hall–Kier alpha value is -2.76. The number of nitrogens with zero attached hydrogens (tertiary/aromatic N) is 2. The average molecular weight is 548 g/mol. The molecule has 39 heavy (non-hydrogen) atoms. The molecule has 1 saturated carbocycles.